The van der Waals surface area contributed by atoms with Gasteiger partial charge in [0.1, 0.15) is 5.82 Å². The first-order valence-corrected chi connectivity index (χ1v) is 13.0. The van der Waals surface area contributed by atoms with Gasteiger partial charge in [-0.1, -0.05) is 54.5 Å². The Bertz CT molecular complexity index is 1140. The molecule has 2 aliphatic rings. The summed E-state index contributed by atoms with van der Waals surface area (Å²) in [6.45, 7) is 7.31. The van der Waals surface area contributed by atoms with Crippen LogP contribution in [-0.4, -0.2) is 57.5 Å². The van der Waals surface area contributed by atoms with Gasteiger partial charge in [-0.15, -0.1) is 0 Å². The van der Waals surface area contributed by atoms with E-state index in [9.17, 15) is 15.2 Å². The van der Waals surface area contributed by atoms with E-state index in [0.717, 1.165) is 40.0 Å². The van der Waals surface area contributed by atoms with Gasteiger partial charge in [0, 0.05) is 35.2 Å². The average Bonchev–Trinajstić information content (AvgIpc) is 2.77. The largest absolute Gasteiger partial charge is 0.465 e. The Morgan fingerprint density at radius 3 is 2.70 bits per heavy atom. The highest BCUT2D eigenvalue weighted by molar-refractivity contribution is 9.10. The number of rotatable bonds is 3. The first kappa shape index (κ1) is 23.8. The number of nitriles is 1. The second-order valence-corrected chi connectivity index (χ2v) is 11.3. The maximum atomic E-state index is 12.2. The molecule has 0 bridgehead atoms. The Hall–Kier alpha value is -2.31. The summed E-state index contributed by atoms with van der Waals surface area (Å²) in [5.41, 5.74) is 3.15. The van der Waals surface area contributed by atoms with Crippen molar-refractivity contribution in [3.63, 3.8) is 0 Å². The Labute approximate surface area is 207 Å². The number of carbonyl (C=O) groups is 1. The van der Waals surface area contributed by atoms with Gasteiger partial charge in [-0.25, -0.2) is 14.8 Å². The van der Waals surface area contributed by atoms with Crippen molar-refractivity contribution in [2.24, 2.45) is 5.41 Å². The quantitative estimate of drug-likeness (QED) is 0.429. The molecule has 7 nitrogen and oxygen atoms in total. The minimum absolute atomic E-state index is 0.123. The number of thioether (sulfide) groups is 1. The maximum Gasteiger partial charge on any atom is 0.407 e. The number of hydrogen-bond acceptors (Lipinski definition) is 6. The van der Waals surface area contributed by atoms with Crippen molar-refractivity contribution in [1.82, 2.24) is 14.9 Å². The van der Waals surface area contributed by atoms with Gasteiger partial charge < -0.3 is 10.0 Å². The van der Waals surface area contributed by atoms with Gasteiger partial charge in [-0.2, -0.15) is 5.26 Å². The fraction of sp³-hybridized carbons (Fsp3) is 0.500. The predicted molar refractivity (Wildman–Crippen MR) is 134 cm³/mol. The van der Waals surface area contributed by atoms with Crippen LogP contribution in [0.3, 0.4) is 0 Å². The summed E-state index contributed by atoms with van der Waals surface area (Å²) in [7, 11) is 0. The van der Waals surface area contributed by atoms with Crippen LogP contribution in [0.4, 0.5) is 10.6 Å². The molecule has 1 amide bonds. The van der Waals surface area contributed by atoms with Gasteiger partial charge in [0.05, 0.1) is 23.7 Å². The number of carboxylic acid groups (broad SMARTS) is 1. The molecule has 1 fully saturated rings. The van der Waals surface area contributed by atoms with Crippen LogP contribution in [-0.2, 0) is 12.8 Å². The second-order valence-electron chi connectivity index (χ2n) is 9.63. The fourth-order valence-electron chi connectivity index (χ4n) is 5.07. The van der Waals surface area contributed by atoms with Crippen molar-refractivity contribution < 1.29 is 9.90 Å². The summed E-state index contributed by atoms with van der Waals surface area (Å²) in [4.78, 5) is 25.7. The predicted octanol–water partition coefficient (Wildman–Crippen LogP) is 5.23. The van der Waals surface area contributed by atoms with Gasteiger partial charge in [0.2, 0.25) is 0 Å². The van der Waals surface area contributed by atoms with Gasteiger partial charge in [0.25, 0.3) is 0 Å². The van der Waals surface area contributed by atoms with Crippen molar-refractivity contribution in [1.29, 1.82) is 5.26 Å². The summed E-state index contributed by atoms with van der Waals surface area (Å²) in [6.07, 6.45) is 2.84. The molecule has 1 N–H and O–H groups in total. The van der Waals surface area contributed by atoms with Crippen LogP contribution in [0, 0.1) is 16.7 Å². The van der Waals surface area contributed by atoms with E-state index in [1.807, 2.05) is 27.0 Å². The topological polar surface area (TPSA) is 93.4 Å². The molecule has 4 rings (SSSR count). The number of nitrogens with zero attached hydrogens (tertiary/aromatic N) is 5. The number of benzene rings is 1. The van der Waals surface area contributed by atoms with Crippen LogP contribution in [0.1, 0.15) is 38.3 Å². The summed E-state index contributed by atoms with van der Waals surface area (Å²) >= 11 is 5.10. The van der Waals surface area contributed by atoms with Crippen LogP contribution in [0.15, 0.2) is 27.8 Å². The normalized spacial score (nSPS) is 20.1. The molecule has 1 aliphatic heterocycles. The van der Waals surface area contributed by atoms with E-state index >= 15 is 0 Å². The Morgan fingerprint density at radius 2 is 2.06 bits per heavy atom. The van der Waals surface area contributed by atoms with Crippen LogP contribution in [0.25, 0.3) is 11.3 Å². The highest BCUT2D eigenvalue weighted by Gasteiger charge is 2.52. The Kier molecular flexibility index (Phi) is 6.36. The second kappa shape index (κ2) is 8.80. The van der Waals surface area contributed by atoms with Crippen molar-refractivity contribution in [3.05, 3.63) is 33.8 Å². The molecule has 0 radical (unpaired) electrons. The van der Waals surface area contributed by atoms with E-state index in [0.29, 0.717) is 24.8 Å². The maximum absolute atomic E-state index is 12.2. The monoisotopic (exact) mass is 529 g/mol. The fourth-order valence-corrected chi connectivity index (χ4v) is 5.79. The van der Waals surface area contributed by atoms with Crippen LogP contribution < -0.4 is 4.90 Å². The summed E-state index contributed by atoms with van der Waals surface area (Å²) in [5, 5.41) is 20.4. The number of anilines is 1. The smallest absolute Gasteiger partial charge is 0.407 e. The van der Waals surface area contributed by atoms with E-state index in [2.05, 4.69) is 45.1 Å². The number of piperazine rings is 1. The first-order valence-electron chi connectivity index (χ1n) is 11.0. The van der Waals surface area contributed by atoms with E-state index < -0.39 is 17.0 Å². The van der Waals surface area contributed by atoms with Gasteiger partial charge in [0.15, 0.2) is 5.16 Å². The number of aromatic nitrogens is 2. The minimum Gasteiger partial charge on any atom is -0.465 e. The summed E-state index contributed by atoms with van der Waals surface area (Å²) in [5.74, 6) is 0.867. The lowest BCUT2D eigenvalue weighted by Gasteiger charge is -2.55. The molecule has 174 valence electrons. The molecule has 1 aliphatic carbocycles. The van der Waals surface area contributed by atoms with E-state index in [1.165, 1.54) is 22.2 Å². The molecule has 2 heterocycles. The molecule has 1 aromatic carbocycles. The highest BCUT2D eigenvalue weighted by atomic mass is 79.9. The van der Waals surface area contributed by atoms with Crippen molar-refractivity contribution in [3.8, 4) is 17.3 Å². The molecule has 0 unspecified atom stereocenters. The number of aryl methyl sites for hydroxylation is 1. The zero-order valence-electron chi connectivity index (χ0n) is 19.4. The van der Waals surface area contributed by atoms with Crippen molar-refractivity contribution in [2.75, 3.05) is 30.8 Å². The number of amides is 1. The lowest BCUT2D eigenvalue weighted by molar-refractivity contribution is -0.00288. The van der Waals surface area contributed by atoms with Gasteiger partial charge >= 0.3 is 6.09 Å². The van der Waals surface area contributed by atoms with Gasteiger partial charge in [-0.05, 0) is 42.2 Å². The zero-order valence-corrected chi connectivity index (χ0v) is 21.8. The summed E-state index contributed by atoms with van der Waals surface area (Å²) < 4.78 is 1.01. The standard InChI is InChI=1S/C24H28BrN5O2S/c1-23(2,3)24(9-10-26)14-29(11-12-30(24)22(31)32)20-17-8-6-15-5-7-16(25)13-18(15)19(17)27-21(28-20)33-4/h5,7,13H,6,8-9,11-12,14H2,1-4H3,(H,31,32)/t24-/m1/s1. The van der Waals surface area contributed by atoms with Crippen LogP contribution in [0.2, 0.25) is 0 Å². The molecular formula is C24H28BrN5O2S. The summed E-state index contributed by atoms with van der Waals surface area (Å²) in [6, 6.07) is 8.60. The third kappa shape index (κ3) is 4.08. The molecule has 2 aromatic rings. The molecule has 1 atom stereocenters. The Balaban J connectivity index is 1.86. The zero-order chi connectivity index (χ0) is 24.0. The first-order chi connectivity index (χ1) is 15.6. The number of fused-ring (bicyclic) bond motifs is 3. The van der Waals surface area contributed by atoms with Gasteiger partial charge in [-0.3, -0.25) is 4.90 Å². The van der Waals surface area contributed by atoms with Crippen LogP contribution >= 0.6 is 27.7 Å². The van der Waals surface area contributed by atoms with E-state index in [1.54, 1.807) is 0 Å². The molecule has 0 saturated carbocycles. The van der Waals surface area contributed by atoms with E-state index in [-0.39, 0.29) is 6.42 Å². The lowest BCUT2D eigenvalue weighted by Crippen LogP contribution is -2.69. The molecular weight excluding hydrogens is 502 g/mol. The molecule has 33 heavy (non-hydrogen) atoms. The van der Waals surface area contributed by atoms with E-state index in [4.69, 9.17) is 9.97 Å². The third-order valence-corrected chi connectivity index (χ3v) is 8.02. The molecule has 1 saturated heterocycles. The molecule has 1 aromatic heterocycles. The number of halogens is 1. The van der Waals surface area contributed by atoms with Crippen molar-refractivity contribution in [2.45, 2.75) is 50.7 Å². The highest BCUT2D eigenvalue weighted by Crippen LogP contribution is 2.44. The van der Waals surface area contributed by atoms with Crippen molar-refractivity contribution >= 4 is 39.6 Å². The van der Waals surface area contributed by atoms with Crippen LogP contribution in [0.5, 0.6) is 0 Å². The average molecular weight is 530 g/mol. The lowest BCUT2D eigenvalue weighted by atomic mass is 9.69. The molecule has 9 heteroatoms. The molecule has 0 spiro atoms. The Morgan fingerprint density at radius 1 is 1.30 bits per heavy atom. The number of hydrogen-bond donors (Lipinski definition) is 1. The SMILES string of the molecule is CSc1nc2c(c(N3CCN(C(=O)O)[C@@](CC#N)(C(C)(C)C)C3)n1)CCc1ccc(Br)cc1-2. The third-order valence-electron chi connectivity index (χ3n) is 6.98. The minimum atomic E-state index is -0.979.